The van der Waals surface area contributed by atoms with Crippen molar-refractivity contribution in [1.82, 2.24) is 0 Å². The van der Waals surface area contributed by atoms with Gasteiger partial charge in [-0.2, -0.15) is 0 Å². The van der Waals surface area contributed by atoms with Crippen molar-refractivity contribution < 1.29 is 29.2 Å². The summed E-state index contributed by atoms with van der Waals surface area (Å²) in [5.74, 6) is -2.64. The number of rotatable bonds is 4. The number of ether oxygens (including phenoxy) is 3. The molecule has 2 N–H and O–H groups in total. The van der Waals surface area contributed by atoms with Crippen LogP contribution in [0.2, 0.25) is 0 Å². The van der Waals surface area contributed by atoms with Crippen molar-refractivity contribution >= 4 is 5.78 Å². The van der Waals surface area contributed by atoms with Crippen molar-refractivity contribution in [2.75, 3.05) is 6.61 Å². The van der Waals surface area contributed by atoms with E-state index in [0.717, 1.165) is 11.1 Å². The number of fused-ring (bicyclic) bond motifs is 2. The van der Waals surface area contributed by atoms with Crippen LogP contribution in [0.4, 0.5) is 0 Å². The van der Waals surface area contributed by atoms with Crippen molar-refractivity contribution in [2.24, 2.45) is 17.8 Å². The fourth-order valence-corrected chi connectivity index (χ4v) is 7.50. The zero-order chi connectivity index (χ0) is 24.1. The molecule has 4 unspecified atom stereocenters. The highest BCUT2D eigenvalue weighted by molar-refractivity contribution is 6.04. The molecular formula is C28H32O6. The molecule has 34 heavy (non-hydrogen) atoms. The molecule has 2 aliphatic heterocycles. The van der Waals surface area contributed by atoms with Crippen LogP contribution in [0.3, 0.4) is 0 Å². The van der Waals surface area contributed by atoms with Gasteiger partial charge in [-0.1, -0.05) is 56.0 Å². The second kappa shape index (κ2) is 6.99. The maximum Gasteiger partial charge on any atom is 0.289 e. The van der Waals surface area contributed by atoms with Crippen molar-refractivity contribution in [3.8, 4) is 0 Å². The van der Waals surface area contributed by atoms with Crippen LogP contribution in [0.15, 0.2) is 65.8 Å². The summed E-state index contributed by atoms with van der Waals surface area (Å²) < 4.78 is 20.5. The zero-order valence-corrected chi connectivity index (χ0v) is 19.9. The lowest BCUT2D eigenvalue weighted by Crippen LogP contribution is -2.70. The van der Waals surface area contributed by atoms with Crippen LogP contribution in [-0.4, -0.2) is 51.5 Å². The summed E-state index contributed by atoms with van der Waals surface area (Å²) in [6.45, 7) is 9.87. The first kappa shape index (κ1) is 22.4. The number of Topliss-reactive ketones (excluding diaryl/α,β-unsaturated/α-hetero) is 1. The van der Waals surface area contributed by atoms with Gasteiger partial charge < -0.3 is 24.4 Å². The van der Waals surface area contributed by atoms with Crippen molar-refractivity contribution in [2.45, 2.75) is 68.9 Å². The third kappa shape index (κ3) is 2.61. The third-order valence-corrected chi connectivity index (χ3v) is 8.93. The molecule has 1 saturated carbocycles. The number of aliphatic hydroxyl groups excluding tert-OH is 1. The van der Waals surface area contributed by atoms with E-state index in [4.69, 9.17) is 14.2 Å². The molecule has 8 atom stereocenters. The maximum absolute atomic E-state index is 13.3. The lowest BCUT2D eigenvalue weighted by atomic mass is 9.55. The molecule has 2 saturated heterocycles. The van der Waals surface area contributed by atoms with Gasteiger partial charge in [0.1, 0.15) is 17.3 Å². The number of carbonyl (C=O) groups is 1. The molecule has 5 aliphatic rings. The first-order chi connectivity index (χ1) is 16.1. The topological polar surface area (TPSA) is 85.2 Å². The van der Waals surface area contributed by atoms with Crippen LogP contribution in [0, 0.1) is 17.8 Å². The molecule has 2 heterocycles. The molecular weight excluding hydrogens is 432 g/mol. The van der Waals surface area contributed by atoms with Gasteiger partial charge in [0, 0.05) is 18.3 Å². The summed E-state index contributed by atoms with van der Waals surface area (Å²) >= 11 is 0. The molecule has 180 valence electrons. The van der Waals surface area contributed by atoms with Crippen molar-refractivity contribution in [3.05, 3.63) is 71.3 Å². The Bertz CT molecular complexity index is 1140. The van der Waals surface area contributed by atoms with Gasteiger partial charge >= 0.3 is 0 Å². The molecule has 0 radical (unpaired) electrons. The third-order valence-electron chi connectivity index (χ3n) is 8.93. The molecule has 0 aromatic heterocycles. The normalized spacial score (nSPS) is 46.4. The molecule has 6 nitrogen and oxygen atoms in total. The highest BCUT2D eigenvalue weighted by atomic mass is 16.9. The van der Waals surface area contributed by atoms with E-state index < -0.39 is 34.8 Å². The standard InChI is InChI=1S/C28H32O6/c1-16(2)26-12-18(4)28-21(11-20(15-29)13-25(31)22(28)10-17(3)23(25)30)24(26)32-27(33-26,34-28)14-19-8-6-5-7-9-19/h5-11,18,21-22,24,29,31H,1,12-15H2,2-4H3/t18?,21?,22?,24?,25-,26-,27-,28-/m1/s1. The number of ketones is 1. The predicted molar refractivity (Wildman–Crippen MR) is 124 cm³/mol. The predicted octanol–water partition coefficient (Wildman–Crippen LogP) is 3.24. The van der Waals surface area contributed by atoms with Gasteiger partial charge in [-0.25, -0.2) is 0 Å². The smallest absolute Gasteiger partial charge is 0.289 e. The minimum atomic E-state index is -1.67. The van der Waals surface area contributed by atoms with Gasteiger partial charge in [0.25, 0.3) is 5.97 Å². The average Bonchev–Trinajstić information content (AvgIpc) is 3.10. The first-order valence-corrected chi connectivity index (χ1v) is 12.1. The summed E-state index contributed by atoms with van der Waals surface area (Å²) in [7, 11) is 0. The van der Waals surface area contributed by atoms with Crippen LogP contribution in [0.5, 0.6) is 0 Å². The van der Waals surface area contributed by atoms with E-state index in [1.54, 1.807) is 6.92 Å². The molecule has 1 aromatic carbocycles. The highest BCUT2D eigenvalue weighted by Gasteiger charge is 2.79. The van der Waals surface area contributed by atoms with Crippen LogP contribution in [0.1, 0.15) is 39.2 Å². The van der Waals surface area contributed by atoms with E-state index in [9.17, 15) is 15.0 Å². The Morgan fingerprint density at radius 1 is 1.21 bits per heavy atom. The number of carbonyl (C=O) groups excluding carboxylic acids is 1. The van der Waals surface area contributed by atoms with Crippen molar-refractivity contribution in [3.63, 3.8) is 0 Å². The van der Waals surface area contributed by atoms with E-state index in [-0.39, 0.29) is 30.6 Å². The van der Waals surface area contributed by atoms with Crippen molar-refractivity contribution in [1.29, 1.82) is 0 Å². The lowest BCUT2D eigenvalue weighted by Gasteiger charge is -2.59. The fourth-order valence-electron chi connectivity index (χ4n) is 7.50. The number of benzene rings is 1. The van der Waals surface area contributed by atoms with E-state index in [2.05, 4.69) is 13.5 Å². The van der Waals surface area contributed by atoms with E-state index >= 15 is 0 Å². The number of hydrogen-bond donors (Lipinski definition) is 2. The maximum atomic E-state index is 13.3. The van der Waals surface area contributed by atoms with E-state index in [1.807, 2.05) is 49.4 Å². The quantitative estimate of drug-likeness (QED) is 0.666. The molecule has 0 spiro atoms. The zero-order valence-electron chi connectivity index (χ0n) is 19.9. The summed E-state index contributed by atoms with van der Waals surface area (Å²) in [6.07, 6.45) is 4.51. The monoisotopic (exact) mass is 464 g/mol. The lowest BCUT2D eigenvalue weighted by molar-refractivity contribution is -0.421. The Balaban J connectivity index is 1.58. The van der Waals surface area contributed by atoms with Crippen LogP contribution < -0.4 is 0 Å². The molecule has 6 rings (SSSR count). The Kier molecular flexibility index (Phi) is 4.60. The first-order valence-electron chi connectivity index (χ1n) is 12.1. The SMILES string of the molecule is C=C(C)[C@]12CC(C)[C@@]34O[C@](Cc5ccccc5)(OC1C3C=C(CO)C[C@]1(O)C(=O)C(C)=CC41)O2. The van der Waals surface area contributed by atoms with Gasteiger partial charge in [0.2, 0.25) is 0 Å². The van der Waals surface area contributed by atoms with Crippen LogP contribution in [-0.2, 0) is 25.4 Å². The summed E-state index contributed by atoms with van der Waals surface area (Å²) in [6, 6.07) is 9.92. The Labute approximate surface area is 199 Å². The molecule has 0 amide bonds. The van der Waals surface area contributed by atoms with Gasteiger partial charge in [-0.3, -0.25) is 4.79 Å². The molecule has 3 bridgehead atoms. The Morgan fingerprint density at radius 2 is 1.94 bits per heavy atom. The molecule has 3 fully saturated rings. The van der Waals surface area contributed by atoms with Crippen LogP contribution in [0.25, 0.3) is 0 Å². The van der Waals surface area contributed by atoms with Crippen LogP contribution >= 0.6 is 0 Å². The summed E-state index contributed by atoms with van der Waals surface area (Å²) in [5.41, 5.74) is -0.348. The molecule has 1 aromatic rings. The summed E-state index contributed by atoms with van der Waals surface area (Å²) in [4.78, 5) is 13.3. The number of hydrogen-bond acceptors (Lipinski definition) is 6. The second-order valence-corrected chi connectivity index (χ2v) is 11.0. The van der Waals surface area contributed by atoms with Gasteiger partial charge in [-0.15, -0.1) is 0 Å². The van der Waals surface area contributed by atoms with Gasteiger partial charge in [0.05, 0.1) is 18.6 Å². The summed E-state index contributed by atoms with van der Waals surface area (Å²) in [5, 5.41) is 22.1. The minimum Gasteiger partial charge on any atom is -0.392 e. The molecule has 3 aliphatic carbocycles. The number of aliphatic hydroxyl groups is 2. The molecule has 6 heteroatoms. The van der Waals surface area contributed by atoms with E-state index in [1.165, 1.54) is 0 Å². The fraction of sp³-hybridized carbons (Fsp3) is 0.536. The highest BCUT2D eigenvalue weighted by Crippen LogP contribution is 2.68. The van der Waals surface area contributed by atoms with Gasteiger partial charge in [0.15, 0.2) is 5.78 Å². The minimum absolute atomic E-state index is 0.0761. The van der Waals surface area contributed by atoms with Gasteiger partial charge in [-0.05, 0) is 48.5 Å². The largest absolute Gasteiger partial charge is 0.392 e. The Morgan fingerprint density at radius 3 is 2.62 bits per heavy atom. The van der Waals surface area contributed by atoms with E-state index in [0.29, 0.717) is 24.0 Å². The second-order valence-electron chi connectivity index (χ2n) is 11.0. The average molecular weight is 465 g/mol. The Hall–Kier alpha value is -2.09.